The molecule has 0 amide bonds. The second-order valence-corrected chi connectivity index (χ2v) is 4.74. The first kappa shape index (κ1) is 15.0. The zero-order valence-electron chi connectivity index (χ0n) is 9.13. The Bertz CT molecular complexity index is 195. The van der Waals surface area contributed by atoms with E-state index in [1.165, 1.54) is 0 Å². The van der Waals surface area contributed by atoms with Gasteiger partial charge >= 0.3 is 5.97 Å². The lowest BCUT2D eigenvalue weighted by Crippen LogP contribution is -2.40. The van der Waals surface area contributed by atoms with Crippen molar-refractivity contribution in [2.45, 2.75) is 50.0 Å². The molecule has 0 aliphatic heterocycles. The van der Waals surface area contributed by atoms with Gasteiger partial charge in [-0.2, -0.15) is 0 Å². The second-order valence-electron chi connectivity index (χ2n) is 3.36. The van der Waals surface area contributed by atoms with E-state index in [9.17, 15) is 9.90 Å². The number of rotatable bonds is 7. The van der Waals surface area contributed by atoms with Crippen molar-refractivity contribution in [2.75, 3.05) is 6.61 Å². The summed E-state index contributed by atoms with van der Waals surface area (Å²) in [5.41, 5.74) is 0. The molecule has 1 unspecified atom stereocenters. The molecule has 0 radical (unpaired) electrons. The molecule has 0 rings (SSSR count). The summed E-state index contributed by atoms with van der Waals surface area (Å²) in [6, 6.07) is 0. The Balaban J connectivity index is 4.12. The van der Waals surface area contributed by atoms with Crippen molar-refractivity contribution in [1.29, 1.82) is 0 Å². The van der Waals surface area contributed by atoms with Gasteiger partial charge < -0.3 is 9.84 Å². The first-order valence-corrected chi connectivity index (χ1v) is 5.95. The van der Waals surface area contributed by atoms with Gasteiger partial charge in [0.2, 0.25) is 4.33 Å². The SMILES string of the molecule is CCCCCC(O)C(Cl)(Cl)C(=O)OCC. The van der Waals surface area contributed by atoms with Crippen LogP contribution < -0.4 is 0 Å². The Hall–Kier alpha value is 0.01000. The van der Waals surface area contributed by atoms with Crippen molar-refractivity contribution >= 4 is 29.2 Å². The van der Waals surface area contributed by atoms with Crippen LogP contribution in [-0.2, 0) is 9.53 Å². The number of carbonyl (C=O) groups is 1. The van der Waals surface area contributed by atoms with Crippen LogP contribution in [0.5, 0.6) is 0 Å². The number of halogens is 2. The van der Waals surface area contributed by atoms with Gasteiger partial charge in [0.1, 0.15) is 0 Å². The van der Waals surface area contributed by atoms with Gasteiger partial charge in [-0.25, -0.2) is 4.79 Å². The van der Waals surface area contributed by atoms with Crippen LogP contribution >= 0.6 is 23.2 Å². The van der Waals surface area contributed by atoms with Gasteiger partial charge in [0.05, 0.1) is 12.7 Å². The van der Waals surface area contributed by atoms with E-state index in [2.05, 4.69) is 4.74 Å². The number of esters is 1. The molecular formula is C10H18Cl2O3. The molecule has 0 spiro atoms. The van der Waals surface area contributed by atoms with Crippen LogP contribution in [0.3, 0.4) is 0 Å². The third-order valence-corrected chi connectivity index (χ3v) is 2.86. The monoisotopic (exact) mass is 256 g/mol. The van der Waals surface area contributed by atoms with E-state index < -0.39 is 16.4 Å². The fourth-order valence-corrected chi connectivity index (χ4v) is 1.46. The van der Waals surface area contributed by atoms with Gasteiger partial charge in [0, 0.05) is 0 Å². The maximum atomic E-state index is 11.3. The molecule has 0 heterocycles. The molecule has 0 saturated heterocycles. The van der Waals surface area contributed by atoms with E-state index in [0.29, 0.717) is 6.42 Å². The van der Waals surface area contributed by atoms with Crippen molar-refractivity contribution in [3.05, 3.63) is 0 Å². The van der Waals surface area contributed by atoms with E-state index in [4.69, 9.17) is 23.2 Å². The van der Waals surface area contributed by atoms with Gasteiger partial charge in [-0.05, 0) is 13.3 Å². The average Bonchev–Trinajstić information content (AvgIpc) is 2.18. The van der Waals surface area contributed by atoms with Crippen LogP contribution in [0.1, 0.15) is 39.5 Å². The first-order valence-electron chi connectivity index (χ1n) is 5.19. The molecule has 0 bridgehead atoms. The van der Waals surface area contributed by atoms with Crippen LogP contribution in [0, 0.1) is 0 Å². The second kappa shape index (κ2) is 7.31. The summed E-state index contributed by atoms with van der Waals surface area (Å²) in [6.07, 6.45) is 2.12. The number of hydrogen-bond donors (Lipinski definition) is 1. The van der Waals surface area contributed by atoms with Crippen molar-refractivity contribution in [2.24, 2.45) is 0 Å². The fourth-order valence-electron chi connectivity index (χ4n) is 1.13. The molecule has 0 aromatic heterocycles. The third-order valence-electron chi connectivity index (χ3n) is 2.05. The zero-order valence-corrected chi connectivity index (χ0v) is 10.6. The lowest BCUT2D eigenvalue weighted by Gasteiger charge is -2.23. The molecular weight excluding hydrogens is 239 g/mol. The van der Waals surface area contributed by atoms with Crippen LogP contribution in [0.15, 0.2) is 0 Å². The average molecular weight is 257 g/mol. The number of carbonyl (C=O) groups excluding carboxylic acids is 1. The summed E-state index contributed by atoms with van der Waals surface area (Å²) in [5, 5.41) is 9.64. The molecule has 15 heavy (non-hydrogen) atoms. The molecule has 5 heteroatoms. The standard InChI is InChI=1S/C10H18Cl2O3/c1-3-5-6-7-8(13)10(11,12)9(14)15-4-2/h8,13H,3-7H2,1-2H3. The van der Waals surface area contributed by atoms with Gasteiger partial charge in [-0.3, -0.25) is 0 Å². The number of aliphatic hydroxyl groups excluding tert-OH is 1. The molecule has 90 valence electrons. The molecule has 3 nitrogen and oxygen atoms in total. The summed E-state index contributed by atoms with van der Waals surface area (Å²) in [5.74, 6) is -0.780. The molecule has 1 N–H and O–H groups in total. The van der Waals surface area contributed by atoms with Crippen molar-refractivity contribution < 1.29 is 14.6 Å². The summed E-state index contributed by atoms with van der Waals surface area (Å²) < 4.78 is 2.83. The van der Waals surface area contributed by atoms with Crippen LogP contribution in [0.25, 0.3) is 0 Å². The van der Waals surface area contributed by atoms with Gasteiger partial charge in [0.15, 0.2) is 0 Å². The highest BCUT2D eigenvalue weighted by atomic mass is 35.5. The highest BCUT2D eigenvalue weighted by molar-refractivity contribution is 6.58. The molecule has 0 aliphatic rings. The number of alkyl halides is 2. The lowest BCUT2D eigenvalue weighted by atomic mass is 10.1. The summed E-state index contributed by atoms with van der Waals surface area (Å²) in [7, 11) is 0. The predicted molar refractivity (Wildman–Crippen MR) is 61.2 cm³/mol. The van der Waals surface area contributed by atoms with E-state index >= 15 is 0 Å². The van der Waals surface area contributed by atoms with E-state index in [1.54, 1.807) is 6.92 Å². The minimum atomic E-state index is -1.84. The van der Waals surface area contributed by atoms with Gasteiger partial charge in [0.25, 0.3) is 0 Å². The summed E-state index contributed by atoms with van der Waals surface area (Å²) in [6.45, 7) is 3.90. The largest absolute Gasteiger partial charge is 0.464 e. The van der Waals surface area contributed by atoms with Crippen molar-refractivity contribution in [3.63, 3.8) is 0 Å². The molecule has 1 atom stereocenters. The number of aliphatic hydroxyl groups is 1. The smallest absolute Gasteiger partial charge is 0.345 e. The Kier molecular flexibility index (Phi) is 7.32. The normalized spacial score (nSPS) is 13.7. The summed E-state index contributed by atoms with van der Waals surface area (Å²) in [4.78, 5) is 11.3. The Labute approximate surface area is 101 Å². The third kappa shape index (κ3) is 5.05. The maximum Gasteiger partial charge on any atom is 0.345 e. The molecule has 0 aromatic carbocycles. The predicted octanol–water partition coefficient (Wildman–Crippen LogP) is 2.66. The van der Waals surface area contributed by atoms with E-state index in [-0.39, 0.29) is 6.61 Å². The van der Waals surface area contributed by atoms with Gasteiger partial charge in [-0.15, -0.1) is 0 Å². The molecule has 0 fully saturated rings. The minimum absolute atomic E-state index is 0.196. The maximum absolute atomic E-state index is 11.3. The first-order chi connectivity index (χ1) is 6.96. The Morgan fingerprint density at radius 1 is 1.40 bits per heavy atom. The highest BCUT2D eigenvalue weighted by Crippen LogP contribution is 2.30. The molecule has 0 aromatic rings. The Morgan fingerprint density at radius 2 is 2.00 bits per heavy atom. The zero-order chi connectivity index (χ0) is 11.9. The number of unbranched alkanes of at least 4 members (excludes halogenated alkanes) is 2. The van der Waals surface area contributed by atoms with E-state index in [0.717, 1.165) is 19.3 Å². The number of hydrogen-bond acceptors (Lipinski definition) is 3. The molecule has 0 aliphatic carbocycles. The Morgan fingerprint density at radius 3 is 2.47 bits per heavy atom. The van der Waals surface area contributed by atoms with Crippen LogP contribution in [0.2, 0.25) is 0 Å². The topological polar surface area (TPSA) is 46.5 Å². The van der Waals surface area contributed by atoms with Crippen molar-refractivity contribution in [1.82, 2.24) is 0 Å². The van der Waals surface area contributed by atoms with Crippen LogP contribution in [0.4, 0.5) is 0 Å². The van der Waals surface area contributed by atoms with Crippen LogP contribution in [-0.4, -0.2) is 28.1 Å². The fraction of sp³-hybridized carbons (Fsp3) is 0.900. The number of ether oxygens (including phenoxy) is 1. The minimum Gasteiger partial charge on any atom is -0.464 e. The van der Waals surface area contributed by atoms with Gasteiger partial charge in [-0.1, -0.05) is 49.4 Å². The highest BCUT2D eigenvalue weighted by Gasteiger charge is 2.42. The quantitative estimate of drug-likeness (QED) is 0.433. The molecule has 0 saturated carbocycles. The van der Waals surface area contributed by atoms with Crippen molar-refractivity contribution in [3.8, 4) is 0 Å². The van der Waals surface area contributed by atoms with E-state index in [1.807, 2.05) is 6.92 Å². The summed E-state index contributed by atoms with van der Waals surface area (Å²) >= 11 is 11.5. The lowest BCUT2D eigenvalue weighted by molar-refractivity contribution is -0.146.